The van der Waals surface area contributed by atoms with Crippen LogP contribution in [0.2, 0.25) is 0 Å². The van der Waals surface area contributed by atoms with Crippen molar-refractivity contribution in [1.29, 1.82) is 0 Å². The van der Waals surface area contributed by atoms with Crippen LogP contribution in [0.25, 0.3) is 0 Å². The highest BCUT2D eigenvalue weighted by molar-refractivity contribution is 6.00. The number of rotatable bonds is 1. The highest BCUT2D eigenvalue weighted by Gasteiger charge is 2.52. The summed E-state index contributed by atoms with van der Waals surface area (Å²) < 4.78 is 5.96. The molecule has 130 valence electrons. The maximum atomic E-state index is 12.7. The van der Waals surface area contributed by atoms with Gasteiger partial charge < -0.3 is 14.7 Å². The third kappa shape index (κ3) is 2.36. The Morgan fingerprint density at radius 3 is 2.62 bits per heavy atom. The molecule has 2 atom stereocenters. The number of hydrogen-bond donors (Lipinski definition) is 1. The van der Waals surface area contributed by atoms with Gasteiger partial charge in [-0.05, 0) is 31.1 Å². The van der Waals surface area contributed by atoms with E-state index in [1.54, 1.807) is 0 Å². The molecule has 5 heteroatoms. The molecule has 0 aromatic rings. The molecule has 4 aliphatic rings. The molecule has 4 rings (SSSR count). The van der Waals surface area contributed by atoms with Crippen molar-refractivity contribution in [2.24, 2.45) is 11.3 Å². The van der Waals surface area contributed by atoms with E-state index in [1.807, 2.05) is 4.90 Å². The molecular formula is C19H25NO4. The lowest BCUT2D eigenvalue weighted by atomic mass is 9.74. The number of amides is 1. The van der Waals surface area contributed by atoms with Crippen molar-refractivity contribution in [2.45, 2.75) is 58.5 Å². The van der Waals surface area contributed by atoms with Gasteiger partial charge in [0.1, 0.15) is 11.5 Å². The number of fused-ring (bicyclic) bond motifs is 2. The van der Waals surface area contributed by atoms with Gasteiger partial charge in [0.05, 0.1) is 5.57 Å². The highest BCUT2D eigenvalue weighted by atomic mass is 16.5. The summed E-state index contributed by atoms with van der Waals surface area (Å²) in [7, 11) is 0. The van der Waals surface area contributed by atoms with E-state index in [9.17, 15) is 14.7 Å². The lowest BCUT2D eigenvalue weighted by molar-refractivity contribution is -0.128. The van der Waals surface area contributed by atoms with Gasteiger partial charge in [-0.2, -0.15) is 0 Å². The van der Waals surface area contributed by atoms with E-state index in [-0.39, 0.29) is 28.8 Å². The normalized spacial score (nSPS) is 31.9. The van der Waals surface area contributed by atoms with Crippen molar-refractivity contribution in [3.05, 3.63) is 22.7 Å². The Hall–Kier alpha value is -1.78. The molecule has 5 nitrogen and oxygen atoms in total. The minimum atomic E-state index is -0.531. The Kier molecular flexibility index (Phi) is 3.52. The van der Waals surface area contributed by atoms with Crippen LogP contribution in [0.3, 0.4) is 0 Å². The smallest absolute Gasteiger partial charge is 0.253 e. The lowest BCUT2D eigenvalue weighted by Gasteiger charge is -2.30. The molecule has 1 fully saturated rings. The minimum Gasteiger partial charge on any atom is -0.508 e. The van der Waals surface area contributed by atoms with Gasteiger partial charge in [0.25, 0.3) is 5.91 Å². The van der Waals surface area contributed by atoms with E-state index in [0.29, 0.717) is 18.4 Å². The fraction of sp³-hybridized carbons (Fsp3) is 0.684. The number of nitrogens with zero attached hydrogens (tertiary/aromatic N) is 1. The van der Waals surface area contributed by atoms with E-state index in [1.165, 1.54) is 0 Å². The summed E-state index contributed by atoms with van der Waals surface area (Å²) in [6, 6.07) is 0. The second kappa shape index (κ2) is 5.36. The summed E-state index contributed by atoms with van der Waals surface area (Å²) in [5.74, 6) is 0.661. The molecule has 2 heterocycles. The van der Waals surface area contributed by atoms with Crippen molar-refractivity contribution in [2.75, 3.05) is 13.1 Å². The number of Topliss-reactive ketones (excluding diaryl/α,β-unsaturated/α-hetero) is 1. The van der Waals surface area contributed by atoms with E-state index in [4.69, 9.17) is 4.74 Å². The molecule has 0 unspecified atom stereocenters. The lowest BCUT2D eigenvalue weighted by Crippen LogP contribution is -2.36. The summed E-state index contributed by atoms with van der Waals surface area (Å²) >= 11 is 0. The summed E-state index contributed by atoms with van der Waals surface area (Å²) in [6.45, 7) is 5.64. The van der Waals surface area contributed by atoms with Crippen molar-refractivity contribution < 1.29 is 19.4 Å². The number of carbonyl (C=O) groups is 2. The first-order valence-electron chi connectivity index (χ1n) is 9.01. The molecule has 0 bridgehead atoms. The number of ether oxygens (including phenoxy) is 1. The summed E-state index contributed by atoms with van der Waals surface area (Å²) in [5, 5.41) is 10.6. The second-order valence-corrected chi connectivity index (χ2v) is 8.34. The van der Waals surface area contributed by atoms with Crippen molar-refractivity contribution in [3.63, 3.8) is 0 Å². The van der Waals surface area contributed by atoms with Crippen LogP contribution in [0, 0.1) is 11.3 Å². The first kappa shape index (κ1) is 15.7. The third-order valence-electron chi connectivity index (χ3n) is 5.79. The molecule has 24 heavy (non-hydrogen) atoms. The van der Waals surface area contributed by atoms with Crippen LogP contribution in [-0.2, 0) is 14.3 Å². The molecule has 1 amide bonds. The van der Waals surface area contributed by atoms with Crippen LogP contribution in [0.15, 0.2) is 22.7 Å². The van der Waals surface area contributed by atoms with Gasteiger partial charge in [0, 0.05) is 37.4 Å². The zero-order valence-electron chi connectivity index (χ0n) is 14.4. The first-order valence-corrected chi connectivity index (χ1v) is 9.01. The standard InChI is InChI=1S/C19H25NO4/c1-19(2)9-13(21)15-11-8-12(16(22)17(11)24-14(15)10-19)18(23)20-6-4-3-5-7-20/h11,17,22H,3-10H2,1-2H3/t11-,17+/m0/s1. The zero-order chi connectivity index (χ0) is 17.1. The first-order chi connectivity index (χ1) is 11.4. The largest absolute Gasteiger partial charge is 0.508 e. The Morgan fingerprint density at radius 2 is 1.92 bits per heavy atom. The van der Waals surface area contributed by atoms with Crippen LogP contribution >= 0.6 is 0 Å². The van der Waals surface area contributed by atoms with E-state index >= 15 is 0 Å². The fourth-order valence-electron chi connectivity index (χ4n) is 4.62. The molecule has 0 radical (unpaired) electrons. The predicted molar refractivity (Wildman–Crippen MR) is 88.1 cm³/mol. The van der Waals surface area contributed by atoms with Crippen LogP contribution in [0.1, 0.15) is 52.4 Å². The quantitative estimate of drug-likeness (QED) is 0.802. The van der Waals surface area contributed by atoms with Gasteiger partial charge >= 0.3 is 0 Å². The topological polar surface area (TPSA) is 66.8 Å². The van der Waals surface area contributed by atoms with E-state index in [0.717, 1.165) is 50.1 Å². The van der Waals surface area contributed by atoms with Crippen LogP contribution in [0.5, 0.6) is 0 Å². The Morgan fingerprint density at radius 1 is 1.21 bits per heavy atom. The molecule has 1 N–H and O–H groups in total. The highest BCUT2D eigenvalue weighted by Crippen LogP contribution is 2.51. The van der Waals surface area contributed by atoms with Crippen molar-refractivity contribution in [1.82, 2.24) is 4.90 Å². The number of piperidine rings is 1. The molecular weight excluding hydrogens is 306 g/mol. The number of aliphatic hydroxyl groups excluding tert-OH is 1. The molecule has 0 aromatic heterocycles. The molecule has 2 aliphatic carbocycles. The van der Waals surface area contributed by atoms with Gasteiger partial charge in [0.15, 0.2) is 11.9 Å². The second-order valence-electron chi connectivity index (χ2n) is 8.34. The van der Waals surface area contributed by atoms with Gasteiger partial charge in [-0.25, -0.2) is 0 Å². The maximum Gasteiger partial charge on any atom is 0.253 e. The third-order valence-corrected chi connectivity index (χ3v) is 5.79. The summed E-state index contributed by atoms with van der Waals surface area (Å²) in [6.07, 6.45) is 4.33. The van der Waals surface area contributed by atoms with Crippen molar-refractivity contribution in [3.8, 4) is 0 Å². The molecule has 0 spiro atoms. The number of hydrogen-bond acceptors (Lipinski definition) is 4. The van der Waals surface area contributed by atoms with E-state index < -0.39 is 6.10 Å². The van der Waals surface area contributed by atoms with Gasteiger partial charge in [0.2, 0.25) is 0 Å². The number of carbonyl (C=O) groups excluding carboxylic acids is 2. The van der Waals surface area contributed by atoms with Crippen LogP contribution < -0.4 is 0 Å². The molecule has 1 saturated heterocycles. The van der Waals surface area contributed by atoms with Crippen LogP contribution in [-0.4, -0.2) is 40.9 Å². The average molecular weight is 331 g/mol. The number of allylic oxidation sites excluding steroid dienone is 1. The number of likely N-dealkylation sites (tertiary alicyclic amines) is 1. The minimum absolute atomic E-state index is 0.0515. The molecule has 0 aromatic carbocycles. The average Bonchev–Trinajstić information content (AvgIpc) is 3.03. The Bertz CT molecular complexity index is 667. The van der Waals surface area contributed by atoms with Gasteiger partial charge in [-0.15, -0.1) is 0 Å². The van der Waals surface area contributed by atoms with Gasteiger partial charge in [-0.3, -0.25) is 9.59 Å². The Labute approximate surface area is 142 Å². The summed E-state index contributed by atoms with van der Waals surface area (Å²) in [4.78, 5) is 27.2. The van der Waals surface area contributed by atoms with Gasteiger partial charge in [-0.1, -0.05) is 13.8 Å². The number of ketones is 1. The predicted octanol–water partition coefficient (Wildman–Crippen LogP) is 2.87. The SMILES string of the molecule is CC1(C)CC(=O)C2=C(C1)O[C@H]1C(O)=C(C(=O)N3CCCCC3)C[C@@H]21. The summed E-state index contributed by atoms with van der Waals surface area (Å²) in [5.41, 5.74) is 1.09. The molecule has 2 aliphatic heterocycles. The van der Waals surface area contributed by atoms with E-state index in [2.05, 4.69) is 13.8 Å². The number of aliphatic hydroxyl groups is 1. The zero-order valence-corrected chi connectivity index (χ0v) is 14.4. The van der Waals surface area contributed by atoms with Crippen molar-refractivity contribution >= 4 is 11.7 Å². The fourth-order valence-corrected chi connectivity index (χ4v) is 4.62. The van der Waals surface area contributed by atoms with Crippen LogP contribution in [0.4, 0.5) is 0 Å². The Balaban J connectivity index is 1.56. The maximum absolute atomic E-state index is 12.7. The molecule has 0 saturated carbocycles. The monoisotopic (exact) mass is 331 g/mol.